The zero-order valence-corrected chi connectivity index (χ0v) is 28.3. The van der Waals surface area contributed by atoms with Crippen LogP contribution in [0.4, 0.5) is 23.4 Å². The summed E-state index contributed by atoms with van der Waals surface area (Å²) in [7, 11) is 5.17. The van der Waals surface area contributed by atoms with Crippen LogP contribution in [0.25, 0.3) is 43.7 Å². The smallest absolute Gasteiger partial charge is 0.319 e. The number of hydrogen-bond donors (Lipinski definition) is 1. The Bertz CT molecular complexity index is 2240. The zero-order chi connectivity index (χ0) is 35.3. The third-order valence-corrected chi connectivity index (χ3v) is 10.7. The summed E-state index contributed by atoms with van der Waals surface area (Å²) in [5.74, 6) is -1.73. The number of halogens is 4. The van der Waals surface area contributed by atoms with Crippen LogP contribution in [0.1, 0.15) is 31.7 Å². The van der Waals surface area contributed by atoms with Gasteiger partial charge in [0.05, 0.1) is 16.4 Å². The molecule has 0 radical (unpaired) electrons. The van der Waals surface area contributed by atoms with E-state index in [4.69, 9.17) is 16.1 Å². The molecule has 1 saturated carbocycles. The number of aryl methyl sites for hydroxylation is 1. The van der Waals surface area contributed by atoms with Crippen LogP contribution >= 0.6 is 0 Å². The van der Waals surface area contributed by atoms with E-state index in [-0.39, 0.29) is 76.5 Å². The highest BCUT2D eigenvalue weighted by molar-refractivity contribution is 6.18. The fourth-order valence-corrected chi connectivity index (χ4v) is 8.33. The van der Waals surface area contributed by atoms with E-state index in [9.17, 15) is 13.9 Å². The highest BCUT2D eigenvalue weighted by Crippen LogP contribution is 2.60. The summed E-state index contributed by atoms with van der Waals surface area (Å²) >= 11 is 0. The van der Waals surface area contributed by atoms with Gasteiger partial charge in [0.1, 0.15) is 35.0 Å². The lowest BCUT2D eigenvalue weighted by atomic mass is 9.91. The summed E-state index contributed by atoms with van der Waals surface area (Å²) in [6, 6.07) is 5.40. The standard InChI is InChI=1S/C37H37F4N7O2/c1-6-24-27(38)11-8-20-12-23(49)13-25(28(20)24)29-31(39)33-30(26-16-46(5)44-32(26)29)34(48-21-9-10-22(48)15-47(7-2)14-21)43-35(42-33)50-19-36(18-45(3)4)17-37(36,40)41/h1,8,11-13,16,21-22,49H,7,9-10,14-15,17-19H2,2-5H3/t21-,22+,36-/m1/s1. The second-order valence-corrected chi connectivity index (χ2v) is 14.3. The average molecular weight is 688 g/mol. The molecule has 2 aromatic heterocycles. The Morgan fingerprint density at radius 3 is 2.44 bits per heavy atom. The van der Waals surface area contributed by atoms with E-state index >= 15 is 8.78 Å². The Kier molecular flexibility index (Phi) is 7.44. The highest BCUT2D eigenvalue weighted by Gasteiger charge is 2.71. The number of phenolic OH excluding ortho intramolecular Hbond substituents is 1. The van der Waals surface area contributed by atoms with Crippen LogP contribution in [0.15, 0.2) is 30.5 Å². The molecule has 5 aromatic rings. The number of likely N-dealkylation sites (N-methyl/N-ethyl adjacent to an activating group) is 1. The number of likely N-dealkylation sites (tertiary alicyclic amines) is 1. The number of alkyl halides is 2. The lowest BCUT2D eigenvalue weighted by molar-refractivity contribution is 0.0288. The van der Waals surface area contributed by atoms with Crippen molar-refractivity contribution in [2.24, 2.45) is 12.5 Å². The molecule has 2 saturated heterocycles. The van der Waals surface area contributed by atoms with Crippen molar-refractivity contribution in [2.45, 2.75) is 44.2 Å². The van der Waals surface area contributed by atoms with Gasteiger partial charge in [-0.2, -0.15) is 15.1 Å². The summed E-state index contributed by atoms with van der Waals surface area (Å²) < 4.78 is 69.8. The molecule has 3 aliphatic rings. The fourth-order valence-electron chi connectivity index (χ4n) is 8.33. The predicted molar refractivity (Wildman–Crippen MR) is 184 cm³/mol. The van der Waals surface area contributed by atoms with Crippen LogP contribution < -0.4 is 9.64 Å². The van der Waals surface area contributed by atoms with Crippen molar-refractivity contribution in [1.82, 2.24) is 29.5 Å². The van der Waals surface area contributed by atoms with E-state index in [0.717, 1.165) is 32.5 Å². The molecule has 13 heteroatoms. The molecule has 0 unspecified atom stereocenters. The monoisotopic (exact) mass is 687 g/mol. The Labute approximate surface area is 286 Å². The van der Waals surface area contributed by atoms with Crippen LogP contribution in [-0.2, 0) is 7.05 Å². The second-order valence-electron chi connectivity index (χ2n) is 14.3. The van der Waals surface area contributed by atoms with E-state index in [1.54, 1.807) is 36.9 Å². The summed E-state index contributed by atoms with van der Waals surface area (Å²) in [6.07, 6.45) is 9.01. The number of benzene rings is 3. The molecule has 1 N–H and O–H groups in total. The van der Waals surface area contributed by atoms with Crippen molar-refractivity contribution in [3.63, 3.8) is 0 Å². The lowest BCUT2D eigenvalue weighted by Crippen LogP contribution is -2.54. The van der Waals surface area contributed by atoms with Crippen molar-refractivity contribution in [3.05, 3.63) is 47.7 Å². The minimum Gasteiger partial charge on any atom is -0.508 e. The average Bonchev–Trinajstić information content (AvgIpc) is 3.25. The van der Waals surface area contributed by atoms with Gasteiger partial charge in [-0.3, -0.25) is 9.58 Å². The molecular weight excluding hydrogens is 650 g/mol. The zero-order valence-electron chi connectivity index (χ0n) is 28.3. The van der Waals surface area contributed by atoms with Crippen molar-refractivity contribution in [1.29, 1.82) is 0 Å². The third-order valence-electron chi connectivity index (χ3n) is 10.7. The van der Waals surface area contributed by atoms with Gasteiger partial charge in [-0.15, -0.1) is 6.42 Å². The largest absolute Gasteiger partial charge is 0.508 e. The van der Waals surface area contributed by atoms with Crippen molar-refractivity contribution < 1.29 is 27.4 Å². The van der Waals surface area contributed by atoms with Gasteiger partial charge in [0, 0.05) is 67.7 Å². The van der Waals surface area contributed by atoms with E-state index < -0.39 is 23.0 Å². The fraction of sp³-hybridized carbons (Fsp3) is 0.432. The molecule has 50 heavy (non-hydrogen) atoms. The number of rotatable bonds is 8. The Hall–Kier alpha value is -4.67. The van der Waals surface area contributed by atoms with E-state index in [2.05, 4.69) is 32.7 Å². The molecule has 3 fully saturated rings. The number of ether oxygens (including phenoxy) is 1. The molecule has 0 amide bonds. The number of piperazine rings is 1. The van der Waals surface area contributed by atoms with E-state index in [1.807, 2.05) is 0 Å². The first-order chi connectivity index (χ1) is 23.8. The lowest BCUT2D eigenvalue weighted by Gasteiger charge is -2.41. The first-order valence-corrected chi connectivity index (χ1v) is 16.8. The van der Waals surface area contributed by atoms with Gasteiger partial charge in [-0.1, -0.05) is 18.9 Å². The van der Waals surface area contributed by atoms with Crippen molar-refractivity contribution in [2.75, 3.05) is 51.8 Å². The van der Waals surface area contributed by atoms with Crippen LogP contribution in [-0.4, -0.2) is 99.5 Å². The van der Waals surface area contributed by atoms with Crippen LogP contribution in [0.5, 0.6) is 11.8 Å². The number of aromatic hydroxyl groups is 1. The minimum atomic E-state index is -2.92. The van der Waals surface area contributed by atoms with Gasteiger partial charge in [-0.25, -0.2) is 17.6 Å². The Morgan fingerprint density at radius 2 is 1.80 bits per heavy atom. The maximum Gasteiger partial charge on any atom is 0.319 e. The summed E-state index contributed by atoms with van der Waals surface area (Å²) in [4.78, 5) is 15.7. The second kappa shape index (κ2) is 11.4. The van der Waals surface area contributed by atoms with Gasteiger partial charge in [-0.05, 0) is 62.6 Å². The number of anilines is 1. The van der Waals surface area contributed by atoms with E-state index in [1.165, 1.54) is 24.3 Å². The Morgan fingerprint density at radius 1 is 1.08 bits per heavy atom. The minimum absolute atomic E-state index is 0.0386. The molecule has 0 spiro atoms. The third kappa shape index (κ3) is 4.94. The predicted octanol–water partition coefficient (Wildman–Crippen LogP) is 5.94. The summed E-state index contributed by atoms with van der Waals surface area (Å²) in [5.41, 5.74) is -1.26. The Balaban J connectivity index is 1.40. The van der Waals surface area contributed by atoms with E-state index in [0.29, 0.717) is 22.0 Å². The van der Waals surface area contributed by atoms with Crippen molar-refractivity contribution >= 4 is 38.4 Å². The molecular formula is C37H37F4N7O2. The van der Waals surface area contributed by atoms with Gasteiger partial charge >= 0.3 is 6.01 Å². The summed E-state index contributed by atoms with van der Waals surface area (Å²) in [6.45, 7) is 4.34. The number of hydrogen-bond acceptors (Lipinski definition) is 8. The maximum atomic E-state index is 17.5. The molecule has 260 valence electrons. The molecule has 3 aromatic carbocycles. The molecule has 3 atom stereocenters. The van der Waals surface area contributed by atoms with Crippen LogP contribution in [0.3, 0.4) is 0 Å². The first kappa shape index (κ1) is 32.5. The SMILES string of the molecule is C#Cc1c(F)ccc2cc(O)cc(-c3c(F)c4nc(OC[C@]5(CN(C)C)CC5(F)F)nc(N5[C@@H]6CC[C@H]5CN(CC)C6)c4c4cn(C)nc34)c12. The molecule has 8 rings (SSSR count). The van der Waals surface area contributed by atoms with Gasteiger partial charge in [0.15, 0.2) is 5.82 Å². The normalized spacial score (nSPS) is 23.0. The topological polar surface area (TPSA) is 82.8 Å². The number of aromatic nitrogens is 4. The van der Waals surface area contributed by atoms with Crippen molar-refractivity contribution in [3.8, 4) is 35.2 Å². The number of terminal acetylenes is 1. The quantitative estimate of drug-likeness (QED) is 0.159. The number of nitrogens with zero attached hydrogens (tertiary/aromatic N) is 7. The van der Waals surface area contributed by atoms with Crippen LogP contribution in [0.2, 0.25) is 0 Å². The molecule has 9 nitrogen and oxygen atoms in total. The number of phenols is 1. The highest BCUT2D eigenvalue weighted by atomic mass is 19.3. The first-order valence-electron chi connectivity index (χ1n) is 16.8. The van der Waals surface area contributed by atoms with Crippen LogP contribution in [0, 0.1) is 29.4 Å². The molecule has 2 bridgehead atoms. The molecule has 1 aliphatic carbocycles. The number of fused-ring (bicyclic) bond motifs is 6. The summed E-state index contributed by atoms with van der Waals surface area (Å²) in [5, 5.41) is 17.1. The van der Waals surface area contributed by atoms with Gasteiger partial charge in [0.25, 0.3) is 5.92 Å². The maximum absolute atomic E-state index is 17.5. The molecule has 2 aliphatic heterocycles. The van der Waals surface area contributed by atoms with Gasteiger partial charge in [0.2, 0.25) is 0 Å². The molecule has 4 heterocycles. The van der Waals surface area contributed by atoms with Gasteiger partial charge < -0.3 is 19.6 Å².